The number of anilines is 1. The van der Waals surface area contributed by atoms with E-state index < -0.39 is 28.7 Å². The number of rotatable bonds is 11. The summed E-state index contributed by atoms with van der Waals surface area (Å²) in [5, 5.41) is 16.2. The molecule has 3 heterocycles. The second-order valence-corrected chi connectivity index (χ2v) is 11.7. The Hall–Kier alpha value is -2.26. The number of carbonyl (C=O) groups excluding carboxylic acids is 3. The van der Waals surface area contributed by atoms with E-state index in [2.05, 4.69) is 24.5 Å². The number of hydrogen-bond donors (Lipinski definition) is 3. The summed E-state index contributed by atoms with van der Waals surface area (Å²) in [7, 11) is 0. The maximum absolute atomic E-state index is 14.0. The average Bonchev–Trinajstić information content (AvgIpc) is 3.45. The van der Waals surface area contributed by atoms with Gasteiger partial charge in [0.15, 0.2) is 0 Å². The lowest BCUT2D eigenvalue weighted by molar-refractivity contribution is -0.142. The topological polar surface area (TPSA) is 108 Å². The number of amides is 3. The second kappa shape index (κ2) is 11.0. The van der Waals surface area contributed by atoms with E-state index in [1.165, 1.54) is 0 Å². The lowest BCUT2D eigenvalue weighted by atomic mass is 9.66. The standard InChI is InChI=1S/C27H39N3O5S/c1-5-8-13-28-25(33)23-27-16(4)14-20(36-27)21(22(27)26(34)30(23)18(6-2)15-31)24(32)29-17-9-11-19(12-10-17)35-7-3/h9-12,16,18,20-23,31H,5-8,13-15H2,1-4H3,(H,28,33)(H,29,32)/t16?,18-,20+,21-,22-,23?,27?/m0/s1. The zero-order chi connectivity index (χ0) is 26.0. The highest BCUT2D eigenvalue weighted by molar-refractivity contribution is 8.02. The Morgan fingerprint density at radius 1 is 1.22 bits per heavy atom. The summed E-state index contributed by atoms with van der Waals surface area (Å²) in [6.45, 7) is 8.89. The minimum atomic E-state index is -0.697. The fourth-order valence-corrected chi connectivity index (χ4v) is 8.79. The van der Waals surface area contributed by atoms with E-state index in [0.717, 1.165) is 25.0 Å². The number of aliphatic hydroxyl groups is 1. The van der Waals surface area contributed by atoms with E-state index in [-0.39, 0.29) is 35.5 Å². The van der Waals surface area contributed by atoms with E-state index in [0.29, 0.717) is 25.3 Å². The molecular weight excluding hydrogens is 478 g/mol. The Morgan fingerprint density at radius 2 is 1.94 bits per heavy atom. The molecule has 36 heavy (non-hydrogen) atoms. The minimum Gasteiger partial charge on any atom is -0.494 e. The molecule has 198 valence electrons. The van der Waals surface area contributed by atoms with Gasteiger partial charge in [-0.15, -0.1) is 11.8 Å². The summed E-state index contributed by atoms with van der Waals surface area (Å²) in [5.74, 6) is -0.837. The van der Waals surface area contributed by atoms with Crippen LogP contribution < -0.4 is 15.4 Å². The number of ether oxygens (including phenoxy) is 1. The van der Waals surface area contributed by atoms with Crippen LogP contribution in [0.3, 0.4) is 0 Å². The number of carbonyl (C=O) groups is 3. The van der Waals surface area contributed by atoms with Gasteiger partial charge in [0.25, 0.3) is 0 Å². The Balaban J connectivity index is 1.65. The monoisotopic (exact) mass is 517 g/mol. The highest BCUT2D eigenvalue weighted by Gasteiger charge is 2.76. The minimum absolute atomic E-state index is 0.0288. The predicted octanol–water partition coefficient (Wildman–Crippen LogP) is 3.05. The first kappa shape index (κ1) is 26.8. The molecule has 0 radical (unpaired) electrons. The molecule has 3 fully saturated rings. The summed E-state index contributed by atoms with van der Waals surface area (Å²) >= 11 is 1.65. The summed E-state index contributed by atoms with van der Waals surface area (Å²) in [6.07, 6.45) is 3.13. The van der Waals surface area contributed by atoms with E-state index >= 15 is 0 Å². The van der Waals surface area contributed by atoms with Crippen molar-refractivity contribution in [3.8, 4) is 5.75 Å². The molecule has 1 aromatic carbocycles. The van der Waals surface area contributed by atoms with Crippen molar-refractivity contribution in [3.05, 3.63) is 24.3 Å². The van der Waals surface area contributed by atoms with E-state index in [9.17, 15) is 19.5 Å². The van der Waals surface area contributed by atoms with Crippen LogP contribution in [0.5, 0.6) is 5.75 Å². The van der Waals surface area contributed by atoms with E-state index in [1.54, 1.807) is 28.8 Å². The number of fused-ring (bicyclic) bond motifs is 1. The smallest absolute Gasteiger partial charge is 0.244 e. The third-order valence-corrected chi connectivity index (χ3v) is 10.1. The van der Waals surface area contributed by atoms with Crippen molar-refractivity contribution in [3.63, 3.8) is 0 Å². The van der Waals surface area contributed by atoms with Crippen LogP contribution in [0.15, 0.2) is 24.3 Å². The van der Waals surface area contributed by atoms with Crippen LogP contribution in [0.1, 0.15) is 53.4 Å². The molecular formula is C27H39N3O5S. The number of nitrogens with zero attached hydrogens (tertiary/aromatic N) is 1. The van der Waals surface area contributed by atoms with E-state index in [4.69, 9.17) is 4.74 Å². The van der Waals surface area contributed by atoms with Crippen molar-refractivity contribution in [2.45, 2.75) is 75.5 Å². The molecule has 0 aromatic heterocycles. The lowest BCUT2D eigenvalue weighted by Gasteiger charge is -2.40. The fourth-order valence-electron chi connectivity index (χ4n) is 6.38. The molecule has 3 aliphatic rings. The van der Waals surface area contributed by atoms with E-state index in [1.807, 2.05) is 26.0 Å². The van der Waals surface area contributed by atoms with Crippen LogP contribution in [0.2, 0.25) is 0 Å². The van der Waals surface area contributed by atoms with Gasteiger partial charge in [-0.25, -0.2) is 0 Å². The number of aliphatic hydroxyl groups excluding tert-OH is 1. The fraction of sp³-hybridized carbons (Fsp3) is 0.667. The van der Waals surface area contributed by atoms with Crippen LogP contribution in [-0.2, 0) is 14.4 Å². The Kier molecular flexibility index (Phi) is 8.19. The second-order valence-electron chi connectivity index (χ2n) is 10.1. The Morgan fingerprint density at radius 3 is 2.56 bits per heavy atom. The highest BCUT2D eigenvalue weighted by atomic mass is 32.2. The Labute approximate surface area is 217 Å². The number of benzene rings is 1. The van der Waals surface area contributed by atoms with Gasteiger partial charge in [-0.2, -0.15) is 0 Å². The molecule has 3 amide bonds. The zero-order valence-electron chi connectivity index (χ0n) is 21.7. The number of unbranched alkanes of at least 4 members (excludes halogenated alkanes) is 1. The molecule has 8 nitrogen and oxygen atoms in total. The van der Waals surface area contributed by atoms with Gasteiger partial charge >= 0.3 is 0 Å². The summed E-state index contributed by atoms with van der Waals surface area (Å²) < 4.78 is 4.81. The highest BCUT2D eigenvalue weighted by Crippen LogP contribution is 2.68. The molecule has 3 N–H and O–H groups in total. The van der Waals surface area contributed by atoms with Crippen molar-refractivity contribution in [1.29, 1.82) is 0 Å². The molecule has 3 aliphatic heterocycles. The maximum Gasteiger partial charge on any atom is 0.244 e. The van der Waals surface area contributed by atoms with Gasteiger partial charge in [-0.05, 0) is 56.4 Å². The molecule has 2 bridgehead atoms. The lowest BCUT2D eigenvalue weighted by Crippen LogP contribution is -2.58. The SMILES string of the molecule is CCCCNC(=O)C1N([C@@H](CC)CO)C(=O)[C@@H]2[C@@H](C(=O)Nc3ccc(OCC)cc3)[C@H]3CC(C)C12S3. The first-order valence-corrected chi connectivity index (χ1v) is 14.1. The first-order valence-electron chi connectivity index (χ1n) is 13.3. The molecule has 0 saturated carbocycles. The molecule has 0 aliphatic carbocycles. The predicted molar refractivity (Wildman–Crippen MR) is 141 cm³/mol. The maximum atomic E-state index is 14.0. The Bertz CT molecular complexity index is 969. The molecule has 3 saturated heterocycles. The van der Waals surface area contributed by atoms with Gasteiger partial charge in [-0.1, -0.05) is 27.2 Å². The quantitative estimate of drug-likeness (QED) is 0.390. The third-order valence-electron chi connectivity index (χ3n) is 8.07. The number of hydrogen-bond acceptors (Lipinski definition) is 6. The van der Waals surface area contributed by atoms with Gasteiger partial charge in [0.2, 0.25) is 17.7 Å². The van der Waals surface area contributed by atoms with Gasteiger partial charge < -0.3 is 25.4 Å². The van der Waals surface area contributed by atoms with Crippen molar-refractivity contribution in [2.75, 3.05) is 25.1 Å². The molecule has 3 unspecified atom stereocenters. The average molecular weight is 518 g/mol. The number of nitrogens with one attached hydrogen (secondary N) is 2. The number of thioether (sulfide) groups is 1. The van der Waals surface area contributed by atoms with Crippen LogP contribution in [-0.4, -0.2) is 69.6 Å². The van der Waals surface area contributed by atoms with Gasteiger partial charge in [-0.3, -0.25) is 14.4 Å². The summed E-state index contributed by atoms with van der Waals surface area (Å²) in [4.78, 5) is 42.9. The molecule has 1 spiro atoms. The van der Waals surface area contributed by atoms with Gasteiger partial charge in [0, 0.05) is 17.5 Å². The third kappa shape index (κ3) is 4.38. The van der Waals surface area contributed by atoms with Gasteiger partial charge in [0.05, 0.1) is 35.8 Å². The first-order chi connectivity index (χ1) is 17.3. The molecule has 9 heteroatoms. The van der Waals surface area contributed by atoms with Crippen molar-refractivity contribution < 1.29 is 24.2 Å². The van der Waals surface area contributed by atoms with Crippen molar-refractivity contribution in [1.82, 2.24) is 10.2 Å². The van der Waals surface area contributed by atoms with Crippen molar-refractivity contribution in [2.24, 2.45) is 17.8 Å². The number of likely N-dealkylation sites (tertiary alicyclic amines) is 1. The van der Waals surface area contributed by atoms with Crippen LogP contribution >= 0.6 is 11.8 Å². The van der Waals surface area contributed by atoms with Crippen LogP contribution in [0.25, 0.3) is 0 Å². The molecule has 7 atom stereocenters. The van der Waals surface area contributed by atoms with Crippen LogP contribution in [0, 0.1) is 17.8 Å². The summed E-state index contributed by atoms with van der Waals surface area (Å²) in [5.41, 5.74) is 0.649. The summed E-state index contributed by atoms with van der Waals surface area (Å²) in [6, 6.07) is 6.06. The van der Waals surface area contributed by atoms with Crippen LogP contribution in [0.4, 0.5) is 5.69 Å². The molecule has 1 aromatic rings. The van der Waals surface area contributed by atoms with Crippen molar-refractivity contribution >= 4 is 35.2 Å². The van der Waals surface area contributed by atoms with Gasteiger partial charge in [0.1, 0.15) is 11.8 Å². The normalized spacial score (nSPS) is 31.3. The molecule has 4 rings (SSSR count). The largest absolute Gasteiger partial charge is 0.494 e. The zero-order valence-corrected chi connectivity index (χ0v) is 22.5.